The monoisotopic (exact) mass is 332 g/mol. The number of nitrogens with zero attached hydrogens (tertiary/aromatic N) is 2. The predicted octanol–water partition coefficient (Wildman–Crippen LogP) is 5.06. The maximum atomic E-state index is 5.94. The molecule has 2 heterocycles. The standard InChI is InChI=1S/C16H10Cl2N2O2/c17-9-1-3-13-11(7-9)19-15(21-13)5-6-16-20-12-8-10(18)2-4-14(12)22-16/h1-4,7-8H,5-6H2. The van der Waals surface area contributed by atoms with Gasteiger partial charge in [-0.25, -0.2) is 9.97 Å². The molecule has 0 saturated carbocycles. The molecule has 2 aromatic carbocycles. The molecule has 0 unspecified atom stereocenters. The Kier molecular flexibility index (Phi) is 3.28. The van der Waals surface area contributed by atoms with Gasteiger partial charge in [0.15, 0.2) is 22.9 Å². The molecule has 0 atom stereocenters. The van der Waals surface area contributed by atoms with Crippen LogP contribution in [0.5, 0.6) is 0 Å². The Bertz CT molecular complexity index is 895. The molecule has 0 saturated heterocycles. The second-order valence-electron chi connectivity index (χ2n) is 4.94. The van der Waals surface area contributed by atoms with Gasteiger partial charge in [0.25, 0.3) is 0 Å². The Labute approximate surface area is 135 Å². The Morgan fingerprint density at radius 3 is 1.64 bits per heavy atom. The fourth-order valence-corrected chi connectivity index (χ4v) is 2.66. The van der Waals surface area contributed by atoms with Crippen molar-refractivity contribution in [1.29, 1.82) is 0 Å². The van der Waals surface area contributed by atoms with E-state index >= 15 is 0 Å². The molecule has 0 amide bonds. The van der Waals surface area contributed by atoms with E-state index in [1.54, 1.807) is 24.3 Å². The Morgan fingerprint density at radius 1 is 0.727 bits per heavy atom. The van der Waals surface area contributed by atoms with Gasteiger partial charge in [-0.05, 0) is 36.4 Å². The van der Waals surface area contributed by atoms with Gasteiger partial charge in [-0.15, -0.1) is 0 Å². The topological polar surface area (TPSA) is 52.1 Å². The molecule has 0 aliphatic rings. The molecule has 4 aromatic rings. The van der Waals surface area contributed by atoms with Crippen LogP contribution in [0, 0.1) is 0 Å². The van der Waals surface area contributed by atoms with Crippen molar-refractivity contribution >= 4 is 45.4 Å². The van der Waals surface area contributed by atoms with E-state index in [1.165, 1.54) is 0 Å². The van der Waals surface area contributed by atoms with Crippen LogP contribution >= 0.6 is 23.2 Å². The second kappa shape index (κ2) is 5.30. The van der Waals surface area contributed by atoms with E-state index in [0.29, 0.717) is 34.7 Å². The van der Waals surface area contributed by atoms with Gasteiger partial charge in [-0.2, -0.15) is 0 Å². The zero-order valence-electron chi connectivity index (χ0n) is 11.3. The summed E-state index contributed by atoms with van der Waals surface area (Å²) < 4.78 is 11.4. The summed E-state index contributed by atoms with van der Waals surface area (Å²) in [4.78, 5) is 8.83. The average molecular weight is 333 g/mol. The van der Waals surface area contributed by atoms with Crippen LogP contribution in [0.25, 0.3) is 22.2 Å². The summed E-state index contributed by atoms with van der Waals surface area (Å²) in [7, 11) is 0. The van der Waals surface area contributed by atoms with Crippen LogP contribution in [0.2, 0.25) is 10.0 Å². The minimum absolute atomic E-state index is 0.604. The maximum Gasteiger partial charge on any atom is 0.195 e. The van der Waals surface area contributed by atoms with Crippen LogP contribution < -0.4 is 0 Å². The normalized spacial score (nSPS) is 11.5. The number of aromatic nitrogens is 2. The zero-order valence-corrected chi connectivity index (χ0v) is 12.9. The highest BCUT2D eigenvalue weighted by atomic mass is 35.5. The third kappa shape index (κ3) is 2.56. The van der Waals surface area contributed by atoms with Crippen LogP contribution in [-0.2, 0) is 12.8 Å². The highest BCUT2D eigenvalue weighted by Gasteiger charge is 2.10. The highest BCUT2D eigenvalue weighted by Crippen LogP contribution is 2.23. The third-order valence-electron chi connectivity index (χ3n) is 3.34. The number of oxazole rings is 2. The molecule has 110 valence electrons. The smallest absolute Gasteiger partial charge is 0.195 e. The summed E-state index contributed by atoms with van der Waals surface area (Å²) in [5, 5.41) is 1.28. The van der Waals surface area contributed by atoms with Crippen molar-refractivity contribution in [3.8, 4) is 0 Å². The van der Waals surface area contributed by atoms with Crippen molar-refractivity contribution in [3.05, 3.63) is 58.2 Å². The lowest BCUT2D eigenvalue weighted by Gasteiger charge is -1.90. The number of benzene rings is 2. The maximum absolute atomic E-state index is 5.94. The van der Waals surface area contributed by atoms with Gasteiger partial charge in [-0.1, -0.05) is 23.2 Å². The first-order valence-electron chi connectivity index (χ1n) is 6.77. The van der Waals surface area contributed by atoms with E-state index in [9.17, 15) is 0 Å². The summed E-state index contributed by atoms with van der Waals surface area (Å²) in [6.07, 6.45) is 1.21. The van der Waals surface area contributed by atoms with E-state index in [1.807, 2.05) is 12.1 Å². The number of fused-ring (bicyclic) bond motifs is 2. The second-order valence-corrected chi connectivity index (χ2v) is 5.81. The Balaban J connectivity index is 1.56. The van der Waals surface area contributed by atoms with Crippen LogP contribution in [0.15, 0.2) is 45.2 Å². The quantitative estimate of drug-likeness (QED) is 0.526. The van der Waals surface area contributed by atoms with Gasteiger partial charge < -0.3 is 8.83 Å². The van der Waals surface area contributed by atoms with Gasteiger partial charge in [0.2, 0.25) is 0 Å². The van der Waals surface area contributed by atoms with Gasteiger partial charge in [-0.3, -0.25) is 0 Å². The van der Waals surface area contributed by atoms with Crippen molar-refractivity contribution < 1.29 is 8.83 Å². The van der Waals surface area contributed by atoms with Gasteiger partial charge >= 0.3 is 0 Å². The molecule has 4 rings (SSSR count). The van der Waals surface area contributed by atoms with Crippen LogP contribution in [-0.4, -0.2) is 9.97 Å². The van der Waals surface area contributed by atoms with Crippen molar-refractivity contribution in [1.82, 2.24) is 9.97 Å². The van der Waals surface area contributed by atoms with Crippen LogP contribution in [0.4, 0.5) is 0 Å². The fourth-order valence-electron chi connectivity index (χ4n) is 2.32. The molecule has 4 nitrogen and oxygen atoms in total. The van der Waals surface area contributed by atoms with Crippen molar-refractivity contribution in [2.24, 2.45) is 0 Å². The molecule has 0 aliphatic carbocycles. The number of halogens is 2. The molecule has 0 aliphatic heterocycles. The lowest BCUT2D eigenvalue weighted by Crippen LogP contribution is -1.91. The van der Waals surface area contributed by atoms with Gasteiger partial charge in [0.1, 0.15) is 11.0 Å². The number of hydrogen-bond acceptors (Lipinski definition) is 4. The van der Waals surface area contributed by atoms with Gasteiger partial charge in [0, 0.05) is 22.9 Å². The number of aryl methyl sites for hydroxylation is 2. The van der Waals surface area contributed by atoms with Crippen LogP contribution in [0.3, 0.4) is 0 Å². The third-order valence-corrected chi connectivity index (χ3v) is 3.81. The van der Waals surface area contributed by atoms with Gasteiger partial charge in [0.05, 0.1) is 0 Å². The lowest BCUT2D eigenvalue weighted by molar-refractivity contribution is 0.488. The molecule has 2 aromatic heterocycles. The van der Waals surface area contributed by atoms with E-state index in [-0.39, 0.29) is 0 Å². The first kappa shape index (κ1) is 13.6. The Hall–Kier alpha value is -2.04. The molecular formula is C16H10Cl2N2O2. The lowest BCUT2D eigenvalue weighted by atomic mass is 10.3. The molecular weight excluding hydrogens is 323 g/mol. The minimum atomic E-state index is 0.604. The summed E-state index contributed by atoms with van der Waals surface area (Å²) in [6, 6.07) is 10.8. The van der Waals surface area contributed by atoms with E-state index < -0.39 is 0 Å². The van der Waals surface area contributed by atoms with Crippen molar-refractivity contribution in [3.63, 3.8) is 0 Å². The predicted molar refractivity (Wildman–Crippen MR) is 85.4 cm³/mol. The van der Waals surface area contributed by atoms with E-state index in [0.717, 1.165) is 22.2 Å². The van der Waals surface area contributed by atoms with Crippen molar-refractivity contribution in [2.45, 2.75) is 12.8 Å². The molecule has 0 N–H and O–H groups in total. The molecule has 6 heteroatoms. The summed E-state index contributed by atoms with van der Waals surface area (Å²) in [5.41, 5.74) is 2.96. The largest absolute Gasteiger partial charge is 0.441 e. The van der Waals surface area contributed by atoms with E-state index in [4.69, 9.17) is 32.0 Å². The molecule has 0 fully saturated rings. The van der Waals surface area contributed by atoms with Crippen molar-refractivity contribution in [2.75, 3.05) is 0 Å². The minimum Gasteiger partial charge on any atom is -0.441 e. The first-order valence-corrected chi connectivity index (χ1v) is 7.53. The molecule has 0 spiro atoms. The Morgan fingerprint density at radius 2 is 1.18 bits per heavy atom. The SMILES string of the molecule is Clc1ccc2oc(CCc3nc4cc(Cl)ccc4o3)nc2c1. The summed E-state index contributed by atoms with van der Waals surface area (Å²) in [5.74, 6) is 1.27. The fraction of sp³-hybridized carbons (Fsp3) is 0.125. The highest BCUT2D eigenvalue weighted by molar-refractivity contribution is 6.31. The number of hydrogen-bond donors (Lipinski definition) is 0. The average Bonchev–Trinajstić information content (AvgIpc) is 3.07. The van der Waals surface area contributed by atoms with E-state index in [2.05, 4.69) is 9.97 Å². The van der Waals surface area contributed by atoms with Crippen LogP contribution in [0.1, 0.15) is 11.8 Å². The summed E-state index contributed by atoms with van der Waals surface area (Å²) in [6.45, 7) is 0. The summed E-state index contributed by atoms with van der Waals surface area (Å²) >= 11 is 11.9. The number of rotatable bonds is 3. The first-order chi connectivity index (χ1) is 10.7. The molecule has 0 radical (unpaired) electrons. The zero-order chi connectivity index (χ0) is 15.1. The molecule has 0 bridgehead atoms. The molecule has 22 heavy (non-hydrogen) atoms.